The van der Waals surface area contributed by atoms with Crippen LogP contribution in [-0.2, 0) is 4.79 Å². The molecule has 1 atom stereocenters. The third-order valence-corrected chi connectivity index (χ3v) is 3.49. The van der Waals surface area contributed by atoms with Crippen LogP contribution >= 0.6 is 34.8 Å². The van der Waals surface area contributed by atoms with Crippen molar-refractivity contribution in [1.82, 2.24) is 0 Å². The fourth-order valence-corrected chi connectivity index (χ4v) is 2.68. The van der Waals surface area contributed by atoms with Crippen LogP contribution in [0, 0.1) is 0 Å². The number of nitrogens with one attached hydrogen (secondary N) is 1. The SMILES string of the molecule is O=C(O)C(Nc1c(Cl)cc(Cl)cc1Cl)c1ccccc1. The van der Waals surface area contributed by atoms with Crippen molar-refractivity contribution < 1.29 is 9.90 Å². The van der Waals surface area contributed by atoms with E-state index in [-0.39, 0.29) is 10.0 Å². The highest BCUT2D eigenvalue weighted by atomic mass is 35.5. The third kappa shape index (κ3) is 3.37. The van der Waals surface area contributed by atoms with Crippen LogP contribution in [0.2, 0.25) is 15.1 Å². The first-order valence-corrected chi connectivity index (χ1v) is 6.81. The summed E-state index contributed by atoms with van der Waals surface area (Å²) in [6.07, 6.45) is 0. The molecule has 0 aromatic heterocycles. The molecule has 0 saturated heterocycles. The molecule has 2 N–H and O–H groups in total. The van der Waals surface area contributed by atoms with Gasteiger partial charge in [0.25, 0.3) is 0 Å². The normalized spacial score (nSPS) is 11.9. The Hall–Kier alpha value is -1.42. The molecule has 2 rings (SSSR count). The smallest absolute Gasteiger partial charge is 0.330 e. The molecule has 0 saturated carbocycles. The van der Waals surface area contributed by atoms with Crippen LogP contribution in [-0.4, -0.2) is 11.1 Å². The number of benzene rings is 2. The Morgan fingerprint density at radius 2 is 1.60 bits per heavy atom. The molecule has 0 aliphatic rings. The molecule has 3 nitrogen and oxygen atoms in total. The Morgan fingerprint density at radius 3 is 2.10 bits per heavy atom. The van der Waals surface area contributed by atoms with E-state index in [1.165, 1.54) is 12.1 Å². The molecule has 0 aliphatic carbocycles. The summed E-state index contributed by atoms with van der Waals surface area (Å²) in [7, 11) is 0. The maximum absolute atomic E-state index is 11.4. The zero-order chi connectivity index (χ0) is 14.7. The maximum atomic E-state index is 11.4. The standard InChI is InChI=1S/C14H10Cl3NO2/c15-9-6-10(16)13(11(17)7-9)18-12(14(19)20)8-4-2-1-3-5-8/h1-7,12,18H,(H,19,20). The molecule has 2 aromatic rings. The number of rotatable bonds is 4. The number of anilines is 1. The summed E-state index contributed by atoms with van der Waals surface area (Å²) in [6, 6.07) is 10.8. The number of aliphatic carboxylic acids is 1. The Labute approximate surface area is 131 Å². The van der Waals surface area contributed by atoms with Gasteiger partial charge in [0.05, 0.1) is 15.7 Å². The fourth-order valence-electron chi connectivity index (χ4n) is 1.76. The first-order valence-electron chi connectivity index (χ1n) is 5.68. The number of carbonyl (C=O) groups is 1. The predicted octanol–water partition coefficient (Wildman–Crippen LogP) is 4.88. The molecule has 0 amide bonds. The lowest BCUT2D eigenvalue weighted by Gasteiger charge is -2.18. The Balaban J connectivity index is 2.38. The number of hydrogen-bond acceptors (Lipinski definition) is 2. The molecule has 2 aromatic carbocycles. The zero-order valence-corrected chi connectivity index (χ0v) is 12.4. The highest BCUT2D eigenvalue weighted by Crippen LogP contribution is 2.36. The van der Waals surface area contributed by atoms with Gasteiger partial charge >= 0.3 is 5.97 Å². The summed E-state index contributed by atoms with van der Waals surface area (Å²) in [4.78, 5) is 11.4. The summed E-state index contributed by atoms with van der Waals surface area (Å²) in [6.45, 7) is 0. The topological polar surface area (TPSA) is 49.3 Å². The lowest BCUT2D eigenvalue weighted by Crippen LogP contribution is -2.20. The molecule has 0 fully saturated rings. The van der Waals surface area contributed by atoms with E-state index in [2.05, 4.69) is 5.32 Å². The van der Waals surface area contributed by atoms with Gasteiger partial charge in [0.1, 0.15) is 0 Å². The average Bonchev–Trinajstić information content (AvgIpc) is 2.38. The van der Waals surface area contributed by atoms with Crippen LogP contribution in [0.25, 0.3) is 0 Å². The molecule has 1 unspecified atom stereocenters. The second-order valence-electron chi connectivity index (χ2n) is 4.07. The van der Waals surface area contributed by atoms with E-state index in [9.17, 15) is 9.90 Å². The highest BCUT2D eigenvalue weighted by molar-refractivity contribution is 6.41. The second-order valence-corrected chi connectivity index (χ2v) is 5.32. The van der Waals surface area contributed by atoms with E-state index in [1.54, 1.807) is 24.3 Å². The van der Waals surface area contributed by atoms with E-state index >= 15 is 0 Å². The minimum atomic E-state index is -1.03. The minimum absolute atomic E-state index is 0.268. The van der Waals surface area contributed by atoms with Gasteiger partial charge in [0.2, 0.25) is 0 Å². The van der Waals surface area contributed by atoms with E-state index in [1.807, 2.05) is 6.07 Å². The lowest BCUT2D eigenvalue weighted by molar-refractivity contribution is -0.138. The van der Waals surface area contributed by atoms with Crippen molar-refractivity contribution >= 4 is 46.5 Å². The monoisotopic (exact) mass is 329 g/mol. The van der Waals surface area contributed by atoms with Crippen molar-refractivity contribution in [3.05, 3.63) is 63.1 Å². The van der Waals surface area contributed by atoms with Crippen molar-refractivity contribution in [3.8, 4) is 0 Å². The lowest BCUT2D eigenvalue weighted by atomic mass is 10.1. The average molecular weight is 331 g/mol. The van der Waals surface area contributed by atoms with E-state index in [0.717, 1.165) is 0 Å². The Morgan fingerprint density at radius 1 is 1.05 bits per heavy atom. The van der Waals surface area contributed by atoms with Gasteiger partial charge in [-0.3, -0.25) is 0 Å². The van der Waals surface area contributed by atoms with Crippen LogP contribution < -0.4 is 5.32 Å². The third-order valence-electron chi connectivity index (χ3n) is 2.68. The van der Waals surface area contributed by atoms with Gasteiger partial charge in [-0.1, -0.05) is 65.1 Å². The fraction of sp³-hybridized carbons (Fsp3) is 0.0714. The van der Waals surface area contributed by atoms with Crippen LogP contribution in [0.15, 0.2) is 42.5 Å². The molecule has 0 aliphatic heterocycles. The van der Waals surface area contributed by atoms with E-state index in [4.69, 9.17) is 34.8 Å². The zero-order valence-electron chi connectivity index (χ0n) is 10.1. The van der Waals surface area contributed by atoms with Gasteiger partial charge < -0.3 is 10.4 Å². The quantitative estimate of drug-likeness (QED) is 0.839. The summed E-state index contributed by atoms with van der Waals surface area (Å²) in [5.74, 6) is -1.03. The molecule has 104 valence electrons. The number of hydrogen-bond donors (Lipinski definition) is 2. The van der Waals surface area contributed by atoms with Crippen LogP contribution in [0.3, 0.4) is 0 Å². The number of carboxylic acids is 1. The molecule has 6 heteroatoms. The summed E-state index contributed by atoms with van der Waals surface area (Å²) in [5, 5.41) is 13.1. The summed E-state index contributed by atoms with van der Waals surface area (Å²) < 4.78 is 0. The van der Waals surface area contributed by atoms with Crippen molar-refractivity contribution in [2.45, 2.75) is 6.04 Å². The number of carboxylic acid groups (broad SMARTS) is 1. The van der Waals surface area contributed by atoms with Crippen LogP contribution in [0.5, 0.6) is 0 Å². The van der Waals surface area contributed by atoms with Gasteiger partial charge in [-0.25, -0.2) is 4.79 Å². The minimum Gasteiger partial charge on any atom is -0.479 e. The first kappa shape index (κ1) is 15.0. The highest BCUT2D eigenvalue weighted by Gasteiger charge is 2.21. The van der Waals surface area contributed by atoms with Gasteiger partial charge in [-0.2, -0.15) is 0 Å². The molecule has 0 bridgehead atoms. The number of halogens is 3. The van der Waals surface area contributed by atoms with Crippen molar-refractivity contribution in [3.63, 3.8) is 0 Å². The maximum Gasteiger partial charge on any atom is 0.330 e. The van der Waals surface area contributed by atoms with Crippen LogP contribution in [0.4, 0.5) is 5.69 Å². The van der Waals surface area contributed by atoms with Crippen molar-refractivity contribution in [2.24, 2.45) is 0 Å². The Kier molecular flexibility index (Phi) is 4.76. The van der Waals surface area contributed by atoms with Crippen LogP contribution in [0.1, 0.15) is 11.6 Å². The van der Waals surface area contributed by atoms with Gasteiger partial charge in [0, 0.05) is 5.02 Å². The molecule has 20 heavy (non-hydrogen) atoms. The van der Waals surface area contributed by atoms with E-state index < -0.39 is 12.0 Å². The Bertz CT molecular complexity index is 609. The molecule has 0 radical (unpaired) electrons. The molecule has 0 heterocycles. The summed E-state index contributed by atoms with van der Waals surface area (Å²) >= 11 is 17.9. The molecular formula is C14H10Cl3NO2. The van der Waals surface area contributed by atoms with Gasteiger partial charge in [-0.15, -0.1) is 0 Å². The predicted molar refractivity (Wildman–Crippen MR) is 81.9 cm³/mol. The van der Waals surface area contributed by atoms with E-state index in [0.29, 0.717) is 16.3 Å². The largest absolute Gasteiger partial charge is 0.479 e. The van der Waals surface area contributed by atoms with Crippen molar-refractivity contribution in [2.75, 3.05) is 5.32 Å². The summed E-state index contributed by atoms with van der Waals surface area (Å²) in [5.41, 5.74) is 0.941. The van der Waals surface area contributed by atoms with Gasteiger partial charge in [0.15, 0.2) is 6.04 Å². The second kappa shape index (κ2) is 6.35. The molecule has 0 spiro atoms. The van der Waals surface area contributed by atoms with Gasteiger partial charge in [-0.05, 0) is 17.7 Å². The van der Waals surface area contributed by atoms with Crippen molar-refractivity contribution in [1.29, 1.82) is 0 Å². The molecular weight excluding hydrogens is 321 g/mol. The first-order chi connectivity index (χ1) is 9.49.